The minimum absolute atomic E-state index is 0.0207. The lowest BCUT2D eigenvalue weighted by Gasteiger charge is -2.30. The van der Waals surface area contributed by atoms with Crippen LogP contribution in [-0.2, 0) is 6.42 Å². The number of carbonyl (C=O) groups is 1. The zero-order chi connectivity index (χ0) is 17.1. The van der Waals surface area contributed by atoms with E-state index >= 15 is 0 Å². The zero-order valence-electron chi connectivity index (χ0n) is 14.4. The van der Waals surface area contributed by atoms with Gasteiger partial charge in [0.15, 0.2) is 0 Å². The number of rotatable bonds is 4. The van der Waals surface area contributed by atoms with Crippen molar-refractivity contribution in [1.29, 1.82) is 0 Å². The van der Waals surface area contributed by atoms with E-state index < -0.39 is 0 Å². The highest BCUT2D eigenvalue weighted by molar-refractivity contribution is 5.75. The van der Waals surface area contributed by atoms with Crippen LogP contribution in [0.2, 0.25) is 0 Å². The molecule has 0 radical (unpaired) electrons. The van der Waals surface area contributed by atoms with Gasteiger partial charge in [-0.05, 0) is 31.9 Å². The molecule has 0 saturated heterocycles. The second-order valence-corrected chi connectivity index (χ2v) is 6.22. The number of hydrogen-bond acceptors (Lipinski definition) is 3. The lowest BCUT2D eigenvalue weighted by atomic mass is 9.93. The monoisotopic (exact) mass is 328 g/mol. The summed E-state index contributed by atoms with van der Waals surface area (Å²) in [6, 6.07) is 9.59. The molecule has 5 heteroatoms. The average molecular weight is 328 g/mol. The Balaban J connectivity index is 1.71. The van der Waals surface area contributed by atoms with Gasteiger partial charge in [0.05, 0.1) is 25.5 Å². The van der Waals surface area contributed by atoms with Gasteiger partial charge in [-0.1, -0.05) is 18.2 Å². The zero-order valence-corrected chi connectivity index (χ0v) is 14.4. The van der Waals surface area contributed by atoms with Gasteiger partial charge in [0, 0.05) is 24.6 Å². The van der Waals surface area contributed by atoms with Crippen molar-refractivity contribution >= 4 is 6.03 Å². The van der Waals surface area contributed by atoms with Crippen LogP contribution >= 0.6 is 0 Å². The van der Waals surface area contributed by atoms with Gasteiger partial charge >= 0.3 is 6.03 Å². The largest absolute Gasteiger partial charge is 0.496 e. The molecule has 1 aromatic heterocycles. The number of nitrogens with zero attached hydrogens (tertiary/aromatic N) is 1. The van der Waals surface area contributed by atoms with Gasteiger partial charge in [0.25, 0.3) is 0 Å². The third kappa shape index (κ3) is 3.11. The molecule has 2 amide bonds. The van der Waals surface area contributed by atoms with Gasteiger partial charge in [-0.3, -0.25) is 0 Å². The summed E-state index contributed by atoms with van der Waals surface area (Å²) >= 11 is 0. The molecule has 0 aliphatic heterocycles. The van der Waals surface area contributed by atoms with Gasteiger partial charge < -0.3 is 19.4 Å². The molecule has 128 valence electrons. The Labute approximate surface area is 142 Å². The summed E-state index contributed by atoms with van der Waals surface area (Å²) in [5.74, 6) is 1.78. The van der Waals surface area contributed by atoms with Crippen molar-refractivity contribution in [3.8, 4) is 5.75 Å². The Bertz CT molecular complexity index is 710. The third-order valence-corrected chi connectivity index (χ3v) is 4.84. The summed E-state index contributed by atoms with van der Waals surface area (Å²) in [6.07, 6.45) is 4.62. The summed E-state index contributed by atoms with van der Waals surface area (Å²) in [5, 5.41) is 3.14. The van der Waals surface area contributed by atoms with Crippen molar-refractivity contribution in [3.63, 3.8) is 0 Å². The van der Waals surface area contributed by atoms with E-state index in [9.17, 15) is 4.79 Å². The number of amides is 2. The molecular formula is C19H24N2O3. The predicted molar refractivity (Wildman–Crippen MR) is 92.1 cm³/mol. The molecule has 1 heterocycles. The highest BCUT2D eigenvalue weighted by Gasteiger charge is 2.27. The maximum Gasteiger partial charge on any atom is 0.318 e. The predicted octanol–water partition coefficient (Wildman–Crippen LogP) is 4.07. The second kappa shape index (κ2) is 6.99. The van der Waals surface area contributed by atoms with Gasteiger partial charge in [-0.15, -0.1) is 0 Å². The Morgan fingerprint density at radius 1 is 1.38 bits per heavy atom. The first-order valence-electron chi connectivity index (χ1n) is 8.34. The van der Waals surface area contributed by atoms with E-state index in [1.165, 1.54) is 0 Å². The number of methoxy groups -OCH3 is 1. The Hall–Kier alpha value is -2.43. The van der Waals surface area contributed by atoms with Crippen LogP contribution in [0, 0.1) is 0 Å². The smallest absolute Gasteiger partial charge is 0.318 e. The van der Waals surface area contributed by atoms with Gasteiger partial charge in [-0.2, -0.15) is 0 Å². The Morgan fingerprint density at radius 2 is 2.17 bits per heavy atom. The summed E-state index contributed by atoms with van der Waals surface area (Å²) in [4.78, 5) is 14.4. The van der Waals surface area contributed by atoms with Crippen LogP contribution in [0.3, 0.4) is 0 Å². The maximum atomic E-state index is 12.7. The molecule has 3 rings (SSSR count). The van der Waals surface area contributed by atoms with Crippen molar-refractivity contribution in [2.75, 3.05) is 14.2 Å². The van der Waals surface area contributed by atoms with Crippen molar-refractivity contribution in [2.24, 2.45) is 0 Å². The number of fused-ring (bicyclic) bond motifs is 1. The minimum Gasteiger partial charge on any atom is -0.496 e. The first kappa shape index (κ1) is 16.4. The number of furan rings is 1. The van der Waals surface area contributed by atoms with Crippen LogP contribution < -0.4 is 10.1 Å². The van der Waals surface area contributed by atoms with E-state index in [1.807, 2.05) is 44.3 Å². The molecule has 1 aliphatic rings. The van der Waals surface area contributed by atoms with E-state index in [2.05, 4.69) is 5.32 Å². The van der Waals surface area contributed by atoms with Crippen LogP contribution in [0.25, 0.3) is 0 Å². The Kier molecular flexibility index (Phi) is 4.79. The lowest BCUT2D eigenvalue weighted by molar-refractivity contribution is 0.187. The molecule has 2 unspecified atom stereocenters. The number of ether oxygens (including phenoxy) is 1. The molecule has 0 spiro atoms. The first-order chi connectivity index (χ1) is 11.6. The van der Waals surface area contributed by atoms with E-state index in [0.717, 1.165) is 41.9 Å². The molecule has 2 aromatic rings. The maximum absolute atomic E-state index is 12.7. The quantitative estimate of drug-likeness (QED) is 0.920. The van der Waals surface area contributed by atoms with Crippen molar-refractivity contribution in [1.82, 2.24) is 10.2 Å². The average Bonchev–Trinajstić information content (AvgIpc) is 3.10. The van der Waals surface area contributed by atoms with E-state index in [1.54, 1.807) is 18.3 Å². The molecule has 1 aliphatic carbocycles. The fraction of sp³-hybridized carbons (Fsp3) is 0.421. The third-order valence-electron chi connectivity index (χ3n) is 4.84. The molecule has 1 aromatic carbocycles. The fourth-order valence-electron chi connectivity index (χ4n) is 3.28. The van der Waals surface area contributed by atoms with E-state index in [0.29, 0.717) is 0 Å². The first-order valence-corrected chi connectivity index (χ1v) is 8.34. The highest BCUT2D eigenvalue weighted by atomic mass is 16.5. The molecule has 24 heavy (non-hydrogen) atoms. The van der Waals surface area contributed by atoms with E-state index in [4.69, 9.17) is 9.15 Å². The normalized spacial score (nSPS) is 17.7. The summed E-state index contributed by atoms with van der Waals surface area (Å²) < 4.78 is 10.9. The number of nitrogens with one attached hydrogen (secondary N) is 1. The van der Waals surface area contributed by atoms with Crippen molar-refractivity contribution < 1.29 is 13.9 Å². The van der Waals surface area contributed by atoms with E-state index in [-0.39, 0.29) is 18.1 Å². The SMILES string of the molecule is COc1ccccc1C(C)N(C)C(=O)NC1CCCc2occc21. The number of benzene rings is 1. The number of hydrogen-bond donors (Lipinski definition) is 1. The van der Waals surface area contributed by atoms with Crippen LogP contribution in [0.5, 0.6) is 5.75 Å². The molecule has 2 atom stereocenters. The highest BCUT2D eigenvalue weighted by Crippen LogP contribution is 2.32. The number of aryl methyl sites for hydroxylation is 1. The standard InChI is InChI=1S/C19H24N2O3/c1-13(14-7-4-5-9-17(14)23-3)21(2)19(22)20-16-8-6-10-18-15(16)11-12-24-18/h4-5,7,9,11-13,16H,6,8,10H2,1-3H3,(H,20,22). The van der Waals surface area contributed by atoms with Crippen LogP contribution in [0.4, 0.5) is 4.79 Å². The van der Waals surface area contributed by atoms with Crippen LogP contribution in [0.15, 0.2) is 41.0 Å². The second-order valence-electron chi connectivity index (χ2n) is 6.22. The topological polar surface area (TPSA) is 54.7 Å². The molecule has 1 N–H and O–H groups in total. The number of carbonyl (C=O) groups excluding carboxylic acids is 1. The van der Waals surface area contributed by atoms with Gasteiger partial charge in [0.1, 0.15) is 11.5 Å². The van der Waals surface area contributed by atoms with Gasteiger partial charge in [0.2, 0.25) is 0 Å². The number of para-hydroxylation sites is 1. The molecule has 0 saturated carbocycles. The van der Waals surface area contributed by atoms with Crippen LogP contribution in [0.1, 0.15) is 48.7 Å². The molecular weight excluding hydrogens is 304 g/mol. The summed E-state index contributed by atoms with van der Waals surface area (Å²) in [7, 11) is 3.46. The van der Waals surface area contributed by atoms with Crippen molar-refractivity contribution in [3.05, 3.63) is 53.5 Å². The summed E-state index contributed by atoms with van der Waals surface area (Å²) in [6.45, 7) is 2.00. The molecule has 0 fully saturated rings. The molecule has 5 nitrogen and oxygen atoms in total. The molecule has 0 bridgehead atoms. The summed E-state index contributed by atoms with van der Waals surface area (Å²) in [5.41, 5.74) is 2.10. The number of urea groups is 1. The fourth-order valence-corrected chi connectivity index (χ4v) is 3.28. The van der Waals surface area contributed by atoms with Crippen molar-refractivity contribution in [2.45, 2.75) is 38.3 Å². The lowest BCUT2D eigenvalue weighted by Crippen LogP contribution is -2.41. The Morgan fingerprint density at radius 3 is 2.96 bits per heavy atom. The minimum atomic E-state index is -0.0903. The van der Waals surface area contributed by atoms with Gasteiger partial charge in [-0.25, -0.2) is 4.79 Å². The van der Waals surface area contributed by atoms with Crippen LogP contribution in [-0.4, -0.2) is 25.1 Å².